The Hall–Kier alpha value is -2.57. The predicted molar refractivity (Wildman–Crippen MR) is 95.4 cm³/mol. The number of hydrogen-bond acceptors (Lipinski definition) is 5. The van der Waals surface area contributed by atoms with Crippen LogP contribution in [-0.2, 0) is 25.7 Å². The van der Waals surface area contributed by atoms with Crippen LogP contribution >= 0.6 is 0 Å². The Morgan fingerprint density at radius 3 is 2.77 bits per heavy atom. The fraction of sp³-hybridized carbons (Fsp3) is 0.526. The minimum absolute atomic E-state index is 0.0469. The number of carbonyl (C=O) groups is 3. The average Bonchev–Trinajstić information content (AvgIpc) is 2.66. The molecule has 1 atom stereocenters. The molecule has 1 heterocycles. The Morgan fingerprint density at radius 1 is 1.27 bits per heavy atom. The van der Waals surface area contributed by atoms with Gasteiger partial charge >= 0.3 is 5.97 Å². The van der Waals surface area contributed by atoms with Crippen molar-refractivity contribution >= 4 is 17.8 Å². The Labute approximate surface area is 153 Å². The van der Waals surface area contributed by atoms with Gasteiger partial charge in [-0.05, 0) is 18.9 Å². The number of esters is 1. The highest BCUT2D eigenvalue weighted by Gasteiger charge is 2.30. The van der Waals surface area contributed by atoms with E-state index < -0.39 is 0 Å². The molecular formula is C19H26N2O5. The Kier molecular flexibility index (Phi) is 7.44. The molecule has 26 heavy (non-hydrogen) atoms. The summed E-state index contributed by atoms with van der Waals surface area (Å²) < 4.78 is 9.90. The molecule has 1 N–H and O–H groups in total. The van der Waals surface area contributed by atoms with Gasteiger partial charge < -0.3 is 19.7 Å². The number of nitrogens with zero attached hydrogens (tertiary/aromatic N) is 1. The largest absolute Gasteiger partial charge is 0.496 e. The van der Waals surface area contributed by atoms with Crippen LogP contribution in [0.5, 0.6) is 5.75 Å². The Morgan fingerprint density at radius 2 is 2.04 bits per heavy atom. The summed E-state index contributed by atoms with van der Waals surface area (Å²) >= 11 is 0. The highest BCUT2D eigenvalue weighted by Crippen LogP contribution is 2.24. The number of amides is 2. The lowest BCUT2D eigenvalue weighted by Crippen LogP contribution is -2.45. The minimum atomic E-state index is -0.287. The molecule has 2 rings (SSSR count). The van der Waals surface area contributed by atoms with Crippen LogP contribution in [0.3, 0.4) is 0 Å². The van der Waals surface area contributed by atoms with Crippen LogP contribution in [0.15, 0.2) is 24.3 Å². The van der Waals surface area contributed by atoms with E-state index in [4.69, 9.17) is 4.74 Å². The molecule has 2 amide bonds. The van der Waals surface area contributed by atoms with Crippen molar-refractivity contribution in [1.29, 1.82) is 0 Å². The third-order valence-electron chi connectivity index (χ3n) is 4.51. The van der Waals surface area contributed by atoms with E-state index in [0.717, 1.165) is 11.3 Å². The molecule has 1 fully saturated rings. The maximum atomic E-state index is 12.4. The standard InChI is InChI=1S/C19H26N2O5/c1-25-16-7-4-3-6-14(16)12-21-13-15(9-10-17(21)22)19(24)20-11-5-8-18(23)26-2/h3-4,6-7,15H,5,8-13H2,1-2H3,(H,20,24). The van der Waals surface area contributed by atoms with E-state index in [9.17, 15) is 14.4 Å². The first-order valence-electron chi connectivity index (χ1n) is 8.79. The molecule has 7 nitrogen and oxygen atoms in total. The molecule has 1 aliphatic heterocycles. The fourth-order valence-electron chi connectivity index (χ4n) is 3.01. The van der Waals surface area contributed by atoms with Crippen molar-refractivity contribution in [3.63, 3.8) is 0 Å². The molecule has 0 radical (unpaired) electrons. The van der Waals surface area contributed by atoms with Gasteiger partial charge in [-0.25, -0.2) is 0 Å². The first kappa shape index (κ1) is 19.8. The van der Waals surface area contributed by atoms with Gasteiger partial charge in [-0.3, -0.25) is 14.4 Å². The number of likely N-dealkylation sites (tertiary alicyclic amines) is 1. The predicted octanol–water partition coefficient (Wildman–Crippen LogP) is 1.50. The van der Waals surface area contributed by atoms with Crippen LogP contribution in [0, 0.1) is 5.92 Å². The monoisotopic (exact) mass is 362 g/mol. The van der Waals surface area contributed by atoms with Gasteiger partial charge in [-0.2, -0.15) is 0 Å². The molecule has 0 bridgehead atoms. The highest BCUT2D eigenvalue weighted by molar-refractivity contribution is 5.83. The number of ether oxygens (including phenoxy) is 2. The average molecular weight is 362 g/mol. The van der Waals surface area contributed by atoms with Crippen molar-refractivity contribution in [3.8, 4) is 5.75 Å². The molecule has 7 heteroatoms. The van der Waals surface area contributed by atoms with Gasteiger partial charge in [0.1, 0.15) is 5.75 Å². The van der Waals surface area contributed by atoms with Gasteiger partial charge in [0.05, 0.1) is 20.1 Å². The van der Waals surface area contributed by atoms with Gasteiger partial charge in [-0.15, -0.1) is 0 Å². The lowest BCUT2D eigenvalue weighted by Gasteiger charge is -2.32. The van der Waals surface area contributed by atoms with Gasteiger partial charge in [0.15, 0.2) is 0 Å². The van der Waals surface area contributed by atoms with Crippen molar-refractivity contribution in [3.05, 3.63) is 29.8 Å². The molecule has 142 valence electrons. The second kappa shape index (κ2) is 9.79. The summed E-state index contributed by atoms with van der Waals surface area (Å²) in [5.74, 6) is 0.179. The van der Waals surface area contributed by atoms with Gasteiger partial charge in [0, 0.05) is 38.0 Å². The second-order valence-corrected chi connectivity index (χ2v) is 6.29. The van der Waals surface area contributed by atoms with Crippen molar-refractivity contribution in [2.45, 2.75) is 32.2 Å². The maximum absolute atomic E-state index is 12.4. The molecule has 0 aromatic heterocycles. The number of piperidine rings is 1. The van der Waals surface area contributed by atoms with E-state index >= 15 is 0 Å². The van der Waals surface area contributed by atoms with Gasteiger partial charge in [0.25, 0.3) is 0 Å². The molecule has 1 aliphatic rings. The number of para-hydroxylation sites is 1. The smallest absolute Gasteiger partial charge is 0.305 e. The van der Waals surface area contributed by atoms with Crippen LogP contribution in [0.2, 0.25) is 0 Å². The van der Waals surface area contributed by atoms with Crippen LogP contribution in [0.25, 0.3) is 0 Å². The number of rotatable bonds is 8. The quantitative estimate of drug-likeness (QED) is 0.560. The summed E-state index contributed by atoms with van der Waals surface area (Å²) in [6.45, 7) is 1.24. The van der Waals surface area contributed by atoms with Crippen LogP contribution < -0.4 is 10.1 Å². The SMILES string of the molecule is COC(=O)CCCNC(=O)C1CCC(=O)N(Cc2ccccc2OC)C1. The number of carbonyl (C=O) groups excluding carboxylic acids is 3. The molecule has 0 spiro atoms. The molecule has 1 aromatic rings. The zero-order chi connectivity index (χ0) is 18.9. The molecule has 0 aliphatic carbocycles. The fourth-order valence-corrected chi connectivity index (χ4v) is 3.01. The van der Waals surface area contributed by atoms with Crippen LogP contribution in [-0.4, -0.2) is 50.0 Å². The number of benzene rings is 1. The minimum Gasteiger partial charge on any atom is -0.496 e. The first-order valence-corrected chi connectivity index (χ1v) is 8.79. The van der Waals surface area contributed by atoms with E-state index in [1.165, 1.54) is 7.11 Å². The Balaban J connectivity index is 1.87. The summed E-state index contributed by atoms with van der Waals surface area (Å²) in [6.07, 6.45) is 1.72. The van der Waals surface area contributed by atoms with E-state index in [-0.39, 0.29) is 30.1 Å². The zero-order valence-corrected chi connectivity index (χ0v) is 15.3. The summed E-state index contributed by atoms with van der Waals surface area (Å²) in [5.41, 5.74) is 0.919. The molecular weight excluding hydrogens is 336 g/mol. The van der Waals surface area contributed by atoms with Crippen molar-refractivity contribution in [1.82, 2.24) is 10.2 Å². The topological polar surface area (TPSA) is 84.9 Å². The van der Waals surface area contributed by atoms with E-state index in [2.05, 4.69) is 10.1 Å². The summed E-state index contributed by atoms with van der Waals surface area (Å²) in [5, 5.41) is 2.84. The normalized spacial score (nSPS) is 16.9. The summed E-state index contributed by atoms with van der Waals surface area (Å²) in [4.78, 5) is 37.4. The van der Waals surface area contributed by atoms with Crippen LogP contribution in [0.4, 0.5) is 0 Å². The van der Waals surface area contributed by atoms with Crippen molar-refractivity contribution in [2.75, 3.05) is 27.3 Å². The third-order valence-corrected chi connectivity index (χ3v) is 4.51. The zero-order valence-electron chi connectivity index (χ0n) is 15.3. The van der Waals surface area contributed by atoms with E-state index in [1.54, 1.807) is 12.0 Å². The lowest BCUT2D eigenvalue weighted by atomic mass is 9.96. The second-order valence-electron chi connectivity index (χ2n) is 6.29. The van der Waals surface area contributed by atoms with Crippen molar-refractivity contribution in [2.24, 2.45) is 5.92 Å². The first-order chi connectivity index (χ1) is 12.5. The molecule has 1 saturated heterocycles. The molecule has 1 aromatic carbocycles. The van der Waals surface area contributed by atoms with E-state index in [1.807, 2.05) is 24.3 Å². The van der Waals surface area contributed by atoms with E-state index in [0.29, 0.717) is 38.9 Å². The highest BCUT2D eigenvalue weighted by atomic mass is 16.5. The molecule has 1 unspecified atom stereocenters. The maximum Gasteiger partial charge on any atom is 0.305 e. The Bertz CT molecular complexity index is 647. The van der Waals surface area contributed by atoms with Gasteiger partial charge in [-0.1, -0.05) is 18.2 Å². The van der Waals surface area contributed by atoms with Crippen molar-refractivity contribution < 1.29 is 23.9 Å². The summed E-state index contributed by atoms with van der Waals surface area (Å²) in [7, 11) is 2.94. The number of methoxy groups -OCH3 is 2. The lowest BCUT2D eigenvalue weighted by molar-refractivity contribution is -0.141. The van der Waals surface area contributed by atoms with Gasteiger partial charge in [0.2, 0.25) is 11.8 Å². The third kappa shape index (κ3) is 5.47. The van der Waals surface area contributed by atoms with Crippen LogP contribution in [0.1, 0.15) is 31.2 Å². The number of nitrogens with one attached hydrogen (secondary N) is 1. The summed E-state index contributed by atoms with van der Waals surface area (Å²) in [6, 6.07) is 7.56. The molecule has 0 saturated carbocycles. The number of hydrogen-bond donors (Lipinski definition) is 1.